The van der Waals surface area contributed by atoms with Gasteiger partial charge in [-0.3, -0.25) is 4.79 Å². The normalized spacial score (nSPS) is 22.5. The summed E-state index contributed by atoms with van der Waals surface area (Å²) in [7, 11) is -3.13. The lowest BCUT2D eigenvalue weighted by Gasteiger charge is -2.23. The Hall–Kier alpha value is -1.80. The van der Waals surface area contributed by atoms with Crippen LogP contribution in [-0.2, 0) is 19.4 Å². The number of anilines is 1. The topological polar surface area (TPSA) is 116 Å². The van der Waals surface area contributed by atoms with Gasteiger partial charge in [-0.1, -0.05) is 11.6 Å². The standard InChI is InChI=1S/C14H17ClN2O5S/c1-14(4-5-23(20,21)8-14)17-12(18)7-22-13(19)9-2-3-10(15)11(16)6-9/h2-3,6H,4-5,7-8,16H2,1H3,(H,17,18)/t14-/m1/s1. The van der Waals surface area contributed by atoms with E-state index in [1.807, 2.05) is 0 Å². The third-order valence-electron chi connectivity index (χ3n) is 3.51. The molecule has 2 rings (SSSR count). The molecule has 23 heavy (non-hydrogen) atoms. The molecule has 0 bridgehead atoms. The molecule has 1 aromatic rings. The first-order chi connectivity index (χ1) is 10.6. The van der Waals surface area contributed by atoms with E-state index in [1.54, 1.807) is 6.92 Å². The van der Waals surface area contributed by atoms with Gasteiger partial charge in [-0.2, -0.15) is 0 Å². The molecule has 1 amide bonds. The number of ether oxygens (including phenoxy) is 1. The second kappa shape index (κ2) is 6.37. The quantitative estimate of drug-likeness (QED) is 0.605. The van der Waals surface area contributed by atoms with Crippen LogP contribution in [0.1, 0.15) is 23.7 Å². The highest BCUT2D eigenvalue weighted by Crippen LogP contribution is 2.23. The Labute approximate surface area is 139 Å². The van der Waals surface area contributed by atoms with E-state index in [1.165, 1.54) is 18.2 Å². The number of hydrogen-bond donors (Lipinski definition) is 2. The summed E-state index contributed by atoms with van der Waals surface area (Å²) in [5, 5.41) is 2.91. The molecular weight excluding hydrogens is 344 g/mol. The number of hydrogen-bond acceptors (Lipinski definition) is 6. The van der Waals surface area contributed by atoms with Crippen molar-refractivity contribution in [2.24, 2.45) is 0 Å². The largest absolute Gasteiger partial charge is 0.452 e. The van der Waals surface area contributed by atoms with Gasteiger partial charge in [-0.25, -0.2) is 13.2 Å². The fourth-order valence-corrected chi connectivity index (χ4v) is 4.58. The van der Waals surface area contributed by atoms with Gasteiger partial charge in [0.05, 0.1) is 33.3 Å². The molecule has 3 N–H and O–H groups in total. The summed E-state index contributed by atoms with van der Waals surface area (Å²) in [6.07, 6.45) is 0.336. The van der Waals surface area contributed by atoms with Gasteiger partial charge in [0, 0.05) is 0 Å². The predicted molar refractivity (Wildman–Crippen MR) is 86.0 cm³/mol. The molecule has 9 heteroatoms. The molecule has 0 aromatic heterocycles. The van der Waals surface area contributed by atoms with Crippen LogP contribution >= 0.6 is 11.6 Å². The number of nitrogen functional groups attached to an aromatic ring is 1. The highest BCUT2D eigenvalue weighted by molar-refractivity contribution is 7.91. The second-order valence-corrected chi connectivity index (χ2v) is 8.35. The number of carbonyl (C=O) groups is 2. The second-order valence-electron chi connectivity index (χ2n) is 5.76. The number of sulfone groups is 1. The first-order valence-electron chi connectivity index (χ1n) is 6.84. The van der Waals surface area contributed by atoms with E-state index in [-0.39, 0.29) is 22.8 Å². The van der Waals surface area contributed by atoms with Crippen molar-refractivity contribution in [2.75, 3.05) is 23.8 Å². The Morgan fingerprint density at radius 3 is 2.70 bits per heavy atom. The average Bonchev–Trinajstić information content (AvgIpc) is 2.72. The number of amides is 1. The van der Waals surface area contributed by atoms with Gasteiger partial charge in [0.25, 0.3) is 5.91 Å². The van der Waals surface area contributed by atoms with Gasteiger partial charge >= 0.3 is 5.97 Å². The van der Waals surface area contributed by atoms with Crippen molar-refractivity contribution < 1.29 is 22.7 Å². The molecule has 1 aliphatic rings. The predicted octanol–water partition coefficient (Wildman–Crippen LogP) is 0.772. The summed E-state index contributed by atoms with van der Waals surface area (Å²) in [5.74, 6) is -1.35. The molecule has 7 nitrogen and oxygen atoms in total. The van der Waals surface area contributed by atoms with Crippen LogP contribution in [0, 0.1) is 0 Å². The summed E-state index contributed by atoms with van der Waals surface area (Å²) in [5.41, 5.74) is 5.17. The lowest BCUT2D eigenvalue weighted by molar-refractivity contribution is -0.125. The van der Waals surface area contributed by atoms with E-state index in [4.69, 9.17) is 22.1 Å². The van der Waals surface area contributed by atoms with Crippen molar-refractivity contribution in [3.63, 3.8) is 0 Å². The average molecular weight is 361 g/mol. The van der Waals surface area contributed by atoms with E-state index >= 15 is 0 Å². The van der Waals surface area contributed by atoms with Crippen LogP contribution in [0.5, 0.6) is 0 Å². The highest BCUT2D eigenvalue weighted by atomic mass is 35.5. The van der Waals surface area contributed by atoms with E-state index in [9.17, 15) is 18.0 Å². The fourth-order valence-electron chi connectivity index (χ4n) is 2.37. The van der Waals surface area contributed by atoms with Crippen molar-refractivity contribution in [3.05, 3.63) is 28.8 Å². The van der Waals surface area contributed by atoms with E-state index in [2.05, 4.69) is 5.32 Å². The number of carbonyl (C=O) groups excluding carboxylic acids is 2. The summed E-state index contributed by atoms with van der Waals surface area (Å²) >= 11 is 5.76. The monoisotopic (exact) mass is 360 g/mol. The minimum absolute atomic E-state index is 0.0353. The van der Waals surface area contributed by atoms with Gasteiger partial charge in [-0.05, 0) is 31.5 Å². The van der Waals surface area contributed by atoms with Crippen LogP contribution in [0.25, 0.3) is 0 Å². The highest BCUT2D eigenvalue weighted by Gasteiger charge is 2.39. The van der Waals surface area contributed by atoms with Gasteiger partial charge in [-0.15, -0.1) is 0 Å². The van der Waals surface area contributed by atoms with Crippen LogP contribution in [0.2, 0.25) is 5.02 Å². The van der Waals surface area contributed by atoms with E-state index < -0.39 is 33.9 Å². The van der Waals surface area contributed by atoms with Crippen molar-refractivity contribution in [1.29, 1.82) is 0 Å². The van der Waals surface area contributed by atoms with Crippen molar-refractivity contribution in [1.82, 2.24) is 5.32 Å². The molecule has 1 heterocycles. The Bertz CT molecular complexity index is 750. The van der Waals surface area contributed by atoms with Crippen LogP contribution < -0.4 is 11.1 Å². The maximum atomic E-state index is 11.8. The fraction of sp³-hybridized carbons (Fsp3) is 0.429. The first-order valence-corrected chi connectivity index (χ1v) is 9.04. The Kier molecular flexibility index (Phi) is 4.86. The Morgan fingerprint density at radius 1 is 1.43 bits per heavy atom. The van der Waals surface area contributed by atoms with Gasteiger partial charge in [0.2, 0.25) is 0 Å². The lowest BCUT2D eigenvalue weighted by Crippen LogP contribution is -2.48. The maximum absolute atomic E-state index is 11.8. The molecule has 1 saturated heterocycles. The number of nitrogens with two attached hydrogens (primary N) is 1. The molecule has 0 radical (unpaired) electrons. The Balaban J connectivity index is 1.89. The van der Waals surface area contributed by atoms with Gasteiger partial charge < -0.3 is 15.8 Å². The molecule has 0 aliphatic carbocycles. The van der Waals surface area contributed by atoms with Crippen molar-refractivity contribution >= 4 is 39.0 Å². The maximum Gasteiger partial charge on any atom is 0.338 e. The van der Waals surface area contributed by atoms with Crippen molar-refractivity contribution in [2.45, 2.75) is 18.9 Å². The van der Waals surface area contributed by atoms with Crippen LogP contribution in [0.3, 0.4) is 0 Å². The van der Waals surface area contributed by atoms with E-state index in [0.29, 0.717) is 11.4 Å². The summed E-state index contributed by atoms with van der Waals surface area (Å²) < 4.78 is 27.9. The number of benzene rings is 1. The lowest BCUT2D eigenvalue weighted by atomic mass is 10.0. The molecule has 1 atom stereocenters. The van der Waals surface area contributed by atoms with Gasteiger partial charge in [0.1, 0.15) is 0 Å². The zero-order chi connectivity index (χ0) is 17.3. The first kappa shape index (κ1) is 17.6. The van der Waals surface area contributed by atoms with Crippen LogP contribution in [-0.4, -0.2) is 43.9 Å². The molecular formula is C14H17ClN2O5S. The number of nitrogens with one attached hydrogen (secondary N) is 1. The molecule has 1 fully saturated rings. The molecule has 0 unspecified atom stereocenters. The third kappa shape index (κ3) is 4.59. The van der Waals surface area contributed by atoms with Crippen LogP contribution in [0.4, 0.5) is 5.69 Å². The SMILES string of the molecule is C[C@@]1(NC(=O)COC(=O)c2ccc(Cl)c(N)c2)CCS(=O)(=O)C1. The summed E-state index contributed by atoms with van der Waals surface area (Å²) in [4.78, 5) is 23.7. The number of halogens is 1. The van der Waals surface area contributed by atoms with Crippen LogP contribution in [0.15, 0.2) is 18.2 Å². The summed E-state index contributed by atoms with van der Waals surface area (Å²) in [6, 6.07) is 4.25. The molecule has 0 spiro atoms. The van der Waals surface area contributed by atoms with E-state index in [0.717, 1.165) is 0 Å². The molecule has 126 valence electrons. The minimum Gasteiger partial charge on any atom is -0.452 e. The Morgan fingerprint density at radius 2 is 2.13 bits per heavy atom. The molecule has 0 saturated carbocycles. The van der Waals surface area contributed by atoms with Crippen molar-refractivity contribution in [3.8, 4) is 0 Å². The number of rotatable bonds is 4. The molecule has 1 aliphatic heterocycles. The third-order valence-corrected chi connectivity index (χ3v) is 5.76. The summed E-state index contributed by atoms with van der Waals surface area (Å²) in [6.45, 7) is 1.15. The van der Waals surface area contributed by atoms with Gasteiger partial charge in [0.15, 0.2) is 16.4 Å². The smallest absolute Gasteiger partial charge is 0.338 e. The number of esters is 1. The minimum atomic E-state index is -3.13. The molecule has 1 aromatic carbocycles. The zero-order valence-corrected chi connectivity index (χ0v) is 14.0. The zero-order valence-electron chi connectivity index (χ0n) is 12.5.